The first kappa shape index (κ1) is 24.9. The van der Waals surface area contributed by atoms with Gasteiger partial charge in [-0.05, 0) is 44.0 Å². The van der Waals surface area contributed by atoms with Gasteiger partial charge in [0.05, 0.1) is 15.8 Å². The fourth-order valence-electron chi connectivity index (χ4n) is 3.02. The van der Waals surface area contributed by atoms with Crippen LogP contribution >= 0.6 is 11.3 Å². The van der Waals surface area contributed by atoms with Crippen molar-refractivity contribution >= 4 is 32.8 Å². The maximum atomic E-state index is 13.1. The number of halogens is 3. The van der Waals surface area contributed by atoms with Crippen LogP contribution in [0.15, 0.2) is 30.4 Å². The maximum absolute atomic E-state index is 13.1. The SMILES string of the molecule is CC/C=C\C(C)(N(C)OC(N)=O)N(CCCOC)c1nc2ccc(C(F)(F)F)cc2s1. The topological polar surface area (TPSA) is 80.9 Å². The molecule has 2 rings (SSSR count). The number of nitrogens with two attached hydrogens (primary N) is 1. The van der Waals surface area contributed by atoms with E-state index >= 15 is 0 Å². The van der Waals surface area contributed by atoms with Crippen molar-refractivity contribution in [3.8, 4) is 0 Å². The van der Waals surface area contributed by atoms with Crippen LogP contribution < -0.4 is 10.6 Å². The van der Waals surface area contributed by atoms with Gasteiger partial charge in [-0.3, -0.25) is 0 Å². The molecule has 0 saturated carbocycles. The molecule has 2 N–H and O–H groups in total. The van der Waals surface area contributed by atoms with E-state index in [-0.39, 0.29) is 0 Å². The normalized spacial score (nSPS) is 14.3. The largest absolute Gasteiger partial charge is 0.423 e. The molecule has 0 spiro atoms. The molecule has 2 aromatic rings. The predicted octanol–water partition coefficient (Wildman–Crippen LogP) is 4.78. The molecule has 1 amide bonds. The van der Waals surface area contributed by atoms with Gasteiger partial charge in [-0.1, -0.05) is 24.3 Å². The summed E-state index contributed by atoms with van der Waals surface area (Å²) in [6, 6.07) is 3.46. The van der Waals surface area contributed by atoms with Crippen molar-refractivity contribution in [2.75, 3.05) is 32.2 Å². The van der Waals surface area contributed by atoms with E-state index in [0.29, 0.717) is 34.9 Å². The van der Waals surface area contributed by atoms with E-state index in [2.05, 4.69) is 4.98 Å². The van der Waals surface area contributed by atoms with Crippen molar-refractivity contribution in [2.24, 2.45) is 5.73 Å². The van der Waals surface area contributed by atoms with E-state index in [9.17, 15) is 18.0 Å². The Kier molecular flexibility index (Phi) is 8.27. The summed E-state index contributed by atoms with van der Waals surface area (Å²) >= 11 is 1.13. The average Bonchev–Trinajstić information content (AvgIpc) is 3.11. The van der Waals surface area contributed by atoms with Crippen molar-refractivity contribution < 1.29 is 27.5 Å². The van der Waals surface area contributed by atoms with Gasteiger partial charge in [-0.25, -0.2) is 9.78 Å². The number of thiazole rings is 1. The number of ether oxygens (including phenoxy) is 1. The lowest BCUT2D eigenvalue weighted by atomic mass is 10.1. The number of primary amides is 1. The number of amides is 1. The van der Waals surface area contributed by atoms with E-state index in [1.165, 1.54) is 11.1 Å². The van der Waals surface area contributed by atoms with Crippen molar-refractivity contribution in [2.45, 2.75) is 38.5 Å². The Labute approximate surface area is 183 Å². The Morgan fingerprint density at radius 2 is 2.06 bits per heavy atom. The van der Waals surface area contributed by atoms with E-state index in [0.717, 1.165) is 29.9 Å². The summed E-state index contributed by atoms with van der Waals surface area (Å²) in [6.45, 7) is 4.67. The summed E-state index contributed by atoms with van der Waals surface area (Å²) in [5.41, 5.74) is 3.93. The summed E-state index contributed by atoms with van der Waals surface area (Å²) in [6.07, 6.45) is -0.338. The molecule has 0 saturated heterocycles. The minimum atomic E-state index is -4.44. The van der Waals surface area contributed by atoms with Crippen LogP contribution in [0.25, 0.3) is 10.2 Å². The molecule has 0 aliphatic heterocycles. The molecule has 0 fully saturated rings. The summed E-state index contributed by atoms with van der Waals surface area (Å²) in [5, 5.41) is 1.79. The Balaban J connectivity index is 2.56. The lowest BCUT2D eigenvalue weighted by Gasteiger charge is -2.43. The zero-order valence-electron chi connectivity index (χ0n) is 17.9. The van der Waals surface area contributed by atoms with Crippen LogP contribution in [0.1, 0.15) is 32.3 Å². The van der Waals surface area contributed by atoms with E-state index in [1.807, 2.05) is 30.9 Å². The molecule has 1 unspecified atom stereocenters. The summed E-state index contributed by atoms with van der Waals surface area (Å²) in [5.74, 6) is 0. The quantitative estimate of drug-likeness (QED) is 0.238. The minimum absolute atomic E-state index is 0.405. The smallest absolute Gasteiger partial charge is 0.385 e. The molecule has 31 heavy (non-hydrogen) atoms. The van der Waals surface area contributed by atoms with E-state index in [1.54, 1.807) is 14.2 Å². The van der Waals surface area contributed by atoms with Gasteiger partial charge in [0.15, 0.2) is 5.13 Å². The zero-order chi connectivity index (χ0) is 23.2. The molecule has 1 atom stereocenters. The second kappa shape index (κ2) is 10.3. The molecule has 1 heterocycles. The standard InChI is InChI=1S/C20H27F3N4O3S/c1-5-6-10-19(2,26(3)30-17(24)28)27(11-7-12-29-4)18-25-15-9-8-14(20(21,22)23)13-16(15)31-18/h6,8-10,13H,5,7,11-12H2,1-4H3,(H2,24,28)/b10-6-. The van der Waals surface area contributed by atoms with Crippen LogP contribution in [-0.2, 0) is 15.8 Å². The predicted molar refractivity (Wildman–Crippen MR) is 115 cm³/mol. The number of anilines is 1. The first-order valence-electron chi connectivity index (χ1n) is 9.66. The fraction of sp³-hybridized carbons (Fsp3) is 0.500. The Bertz CT molecular complexity index is 919. The maximum Gasteiger partial charge on any atom is 0.423 e. The average molecular weight is 461 g/mol. The van der Waals surface area contributed by atoms with Gasteiger partial charge in [0.2, 0.25) is 0 Å². The first-order valence-corrected chi connectivity index (χ1v) is 10.5. The van der Waals surface area contributed by atoms with Gasteiger partial charge in [-0.2, -0.15) is 13.2 Å². The highest BCUT2D eigenvalue weighted by molar-refractivity contribution is 7.22. The monoisotopic (exact) mass is 460 g/mol. The summed E-state index contributed by atoms with van der Waals surface area (Å²) in [7, 11) is 3.14. The molecule has 7 nitrogen and oxygen atoms in total. The highest BCUT2D eigenvalue weighted by Crippen LogP contribution is 2.38. The Morgan fingerprint density at radius 1 is 1.35 bits per heavy atom. The number of carbonyl (C=O) groups excluding carboxylic acids is 1. The number of fused-ring (bicyclic) bond motifs is 1. The third-order valence-electron chi connectivity index (χ3n) is 4.75. The molecule has 172 valence electrons. The third-order valence-corrected chi connectivity index (χ3v) is 5.79. The lowest BCUT2D eigenvalue weighted by molar-refractivity contribution is -0.137. The van der Waals surface area contributed by atoms with Gasteiger partial charge in [0.25, 0.3) is 0 Å². The number of allylic oxidation sites excluding steroid dienone is 1. The van der Waals surface area contributed by atoms with Crippen molar-refractivity contribution in [3.05, 3.63) is 35.9 Å². The Hall–Kier alpha value is -2.37. The number of alkyl halides is 3. The van der Waals surface area contributed by atoms with Crippen LogP contribution in [0, 0.1) is 0 Å². The van der Waals surface area contributed by atoms with Crippen LogP contribution in [0.5, 0.6) is 0 Å². The number of rotatable bonds is 10. The van der Waals surface area contributed by atoms with Crippen LogP contribution in [-0.4, -0.2) is 49.1 Å². The molecular weight excluding hydrogens is 433 g/mol. The number of hydroxylamine groups is 2. The number of likely N-dealkylation sites (N-methyl/N-ethyl adjacent to an activating group) is 1. The molecule has 0 aliphatic rings. The second-order valence-corrected chi connectivity index (χ2v) is 8.00. The number of nitrogens with zero attached hydrogens (tertiary/aromatic N) is 3. The number of methoxy groups -OCH3 is 1. The van der Waals surface area contributed by atoms with Gasteiger partial charge in [0.1, 0.15) is 5.66 Å². The molecule has 11 heteroatoms. The van der Waals surface area contributed by atoms with Gasteiger partial charge in [0, 0.05) is 27.3 Å². The van der Waals surface area contributed by atoms with Crippen molar-refractivity contribution in [3.63, 3.8) is 0 Å². The highest BCUT2D eigenvalue weighted by Gasteiger charge is 2.38. The fourth-order valence-corrected chi connectivity index (χ4v) is 4.15. The summed E-state index contributed by atoms with van der Waals surface area (Å²) in [4.78, 5) is 22.9. The van der Waals surface area contributed by atoms with Crippen LogP contribution in [0.4, 0.5) is 23.1 Å². The van der Waals surface area contributed by atoms with Crippen molar-refractivity contribution in [1.82, 2.24) is 10.0 Å². The van der Waals surface area contributed by atoms with Gasteiger partial charge in [-0.15, -0.1) is 5.06 Å². The third kappa shape index (κ3) is 6.08. The van der Waals surface area contributed by atoms with Gasteiger partial charge < -0.3 is 20.2 Å². The van der Waals surface area contributed by atoms with Crippen LogP contribution in [0.2, 0.25) is 0 Å². The Morgan fingerprint density at radius 3 is 2.65 bits per heavy atom. The van der Waals surface area contributed by atoms with E-state index < -0.39 is 23.5 Å². The molecule has 1 aromatic carbocycles. The molecule has 1 aromatic heterocycles. The molecule has 0 bridgehead atoms. The highest BCUT2D eigenvalue weighted by atomic mass is 32.1. The zero-order valence-corrected chi connectivity index (χ0v) is 18.7. The van der Waals surface area contributed by atoms with Crippen LogP contribution in [0.3, 0.4) is 0 Å². The lowest BCUT2D eigenvalue weighted by Crippen LogP contribution is -2.57. The van der Waals surface area contributed by atoms with Gasteiger partial charge >= 0.3 is 12.3 Å². The number of carbonyl (C=O) groups is 1. The molecule has 0 aliphatic carbocycles. The second-order valence-electron chi connectivity index (χ2n) is 6.99. The first-order chi connectivity index (χ1) is 14.5. The van der Waals surface area contributed by atoms with E-state index in [4.69, 9.17) is 15.3 Å². The molecule has 0 radical (unpaired) electrons. The minimum Gasteiger partial charge on any atom is -0.385 e. The molecular formula is C20H27F3N4O3S. The number of aromatic nitrogens is 1. The van der Waals surface area contributed by atoms with Crippen molar-refractivity contribution in [1.29, 1.82) is 0 Å². The number of hydrogen-bond acceptors (Lipinski definition) is 7. The number of benzene rings is 1. The number of hydrogen-bond donors (Lipinski definition) is 1. The summed E-state index contributed by atoms with van der Waals surface area (Å²) < 4.78 is 44.9.